The van der Waals surface area contributed by atoms with Crippen LogP contribution in [-0.2, 0) is 9.53 Å². The highest BCUT2D eigenvalue weighted by molar-refractivity contribution is 7.10. The van der Waals surface area contributed by atoms with Crippen LogP contribution < -0.4 is 5.32 Å². The summed E-state index contributed by atoms with van der Waals surface area (Å²) >= 11 is 1.67. The summed E-state index contributed by atoms with van der Waals surface area (Å²) in [5.41, 5.74) is -0.928. The molecule has 22 heavy (non-hydrogen) atoms. The van der Waals surface area contributed by atoms with Gasteiger partial charge in [-0.25, -0.2) is 0 Å². The van der Waals surface area contributed by atoms with E-state index in [1.807, 2.05) is 18.4 Å². The molecule has 5 nitrogen and oxygen atoms in total. The zero-order chi connectivity index (χ0) is 16.2. The van der Waals surface area contributed by atoms with Crippen LogP contribution in [0.15, 0.2) is 17.5 Å². The van der Waals surface area contributed by atoms with Crippen molar-refractivity contribution in [3.8, 4) is 0 Å². The molecular weight excluding hydrogens is 300 g/mol. The van der Waals surface area contributed by atoms with Crippen LogP contribution >= 0.6 is 11.3 Å². The van der Waals surface area contributed by atoms with E-state index in [4.69, 9.17) is 4.74 Å². The third kappa shape index (κ3) is 3.87. The Bertz CT molecular complexity index is 476. The predicted molar refractivity (Wildman–Crippen MR) is 88.0 cm³/mol. The molecule has 0 aliphatic carbocycles. The van der Waals surface area contributed by atoms with Crippen LogP contribution in [0.4, 0.5) is 0 Å². The Morgan fingerprint density at radius 1 is 1.64 bits per heavy atom. The number of thiophene rings is 1. The molecule has 0 unspecified atom stereocenters. The first-order chi connectivity index (χ1) is 10.5. The summed E-state index contributed by atoms with van der Waals surface area (Å²) in [5.74, 6) is -0.187. The number of nitrogens with zero attached hydrogens (tertiary/aromatic N) is 1. The third-order valence-electron chi connectivity index (χ3n) is 4.22. The van der Waals surface area contributed by atoms with Gasteiger partial charge in [0.05, 0.1) is 17.7 Å². The van der Waals surface area contributed by atoms with Gasteiger partial charge in [0, 0.05) is 18.5 Å². The van der Waals surface area contributed by atoms with Gasteiger partial charge in [0.1, 0.15) is 6.61 Å². The molecular formula is C16H26N2O3S. The number of hydrogen-bond donors (Lipinski definition) is 2. The van der Waals surface area contributed by atoms with Gasteiger partial charge in [0.2, 0.25) is 5.91 Å². The molecule has 1 amide bonds. The number of piperidine rings is 1. The fourth-order valence-corrected chi connectivity index (χ4v) is 4.03. The molecule has 124 valence electrons. The van der Waals surface area contributed by atoms with E-state index >= 15 is 0 Å². The number of rotatable bonds is 6. The highest BCUT2D eigenvalue weighted by Crippen LogP contribution is 2.38. The number of carbonyl (C=O) groups is 1. The van der Waals surface area contributed by atoms with E-state index in [0.29, 0.717) is 6.42 Å². The molecule has 2 N–H and O–H groups in total. The van der Waals surface area contributed by atoms with E-state index in [2.05, 4.69) is 23.2 Å². The first kappa shape index (κ1) is 17.4. The molecule has 2 rings (SSSR count). The summed E-state index contributed by atoms with van der Waals surface area (Å²) in [6.45, 7) is 5.76. The molecule has 1 aliphatic rings. The maximum absolute atomic E-state index is 12.0. The summed E-state index contributed by atoms with van der Waals surface area (Å²) in [6.07, 6.45) is 1.69. The zero-order valence-corrected chi connectivity index (χ0v) is 14.4. The van der Waals surface area contributed by atoms with Gasteiger partial charge in [0.25, 0.3) is 0 Å². The minimum atomic E-state index is -0.928. The smallest absolute Gasteiger partial charge is 0.246 e. The number of carbonyl (C=O) groups excluding carboxylic acids is 1. The zero-order valence-electron chi connectivity index (χ0n) is 13.5. The van der Waals surface area contributed by atoms with Gasteiger partial charge in [-0.2, -0.15) is 0 Å². The van der Waals surface area contributed by atoms with Crippen molar-refractivity contribution in [3.05, 3.63) is 22.4 Å². The van der Waals surface area contributed by atoms with Crippen LogP contribution in [0.3, 0.4) is 0 Å². The normalized spacial score (nSPS) is 29.5. The SMILES string of the molecule is CCCN1CC[C@@](C)(O)[C@@H](NC(=O)COC)[C@@H]1c1cccs1. The number of aliphatic hydroxyl groups is 1. The number of likely N-dealkylation sites (tertiary alicyclic amines) is 1. The third-order valence-corrected chi connectivity index (χ3v) is 5.16. The van der Waals surface area contributed by atoms with E-state index in [1.54, 1.807) is 11.3 Å². The molecule has 1 fully saturated rings. The van der Waals surface area contributed by atoms with Crippen LogP contribution in [0, 0.1) is 0 Å². The molecule has 1 saturated heterocycles. The van der Waals surface area contributed by atoms with Crippen molar-refractivity contribution in [2.24, 2.45) is 0 Å². The van der Waals surface area contributed by atoms with Crippen molar-refractivity contribution < 1.29 is 14.6 Å². The molecule has 0 radical (unpaired) electrons. The van der Waals surface area contributed by atoms with Crippen molar-refractivity contribution in [1.29, 1.82) is 0 Å². The quantitative estimate of drug-likeness (QED) is 0.837. The lowest BCUT2D eigenvalue weighted by molar-refractivity contribution is -0.131. The Morgan fingerprint density at radius 2 is 2.41 bits per heavy atom. The van der Waals surface area contributed by atoms with Crippen molar-refractivity contribution in [1.82, 2.24) is 10.2 Å². The van der Waals surface area contributed by atoms with Crippen molar-refractivity contribution in [2.45, 2.75) is 44.4 Å². The Labute approximate surface area is 136 Å². The molecule has 2 heterocycles. The summed E-state index contributed by atoms with van der Waals surface area (Å²) in [7, 11) is 1.50. The number of amides is 1. The molecule has 1 aromatic rings. The largest absolute Gasteiger partial charge is 0.388 e. The molecule has 6 heteroatoms. The number of methoxy groups -OCH3 is 1. The Kier molecular flexibility index (Phi) is 5.97. The van der Waals surface area contributed by atoms with E-state index in [9.17, 15) is 9.90 Å². The monoisotopic (exact) mass is 326 g/mol. The summed E-state index contributed by atoms with van der Waals surface area (Å²) < 4.78 is 4.91. The Hall–Kier alpha value is -0.950. The average molecular weight is 326 g/mol. The number of nitrogens with one attached hydrogen (secondary N) is 1. The van der Waals surface area contributed by atoms with Gasteiger partial charge in [-0.05, 0) is 37.8 Å². The van der Waals surface area contributed by atoms with Gasteiger partial charge < -0.3 is 15.2 Å². The lowest BCUT2D eigenvalue weighted by Gasteiger charge is -2.48. The minimum absolute atomic E-state index is 0.00417. The fourth-order valence-electron chi connectivity index (χ4n) is 3.14. The van der Waals surface area contributed by atoms with Gasteiger partial charge in [-0.15, -0.1) is 11.3 Å². The topological polar surface area (TPSA) is 61.8 Å². The highest BCUT2D eigenvalue weighted by Gasteiger charge is 2.46. The Balaban J connectivity index is 2.29. The van der Waals surface area contributed by atoms with Crippen LogP contribution in [0.1, 0.15) is 37.6 Å². The molecule has 0 saturated carbocycles. The summed E-state index contributed by atoms with van der Waals surface area (Å²) in [5, 5.41) is 15.9. The van der Waals surface area contributed by atoms with Gasteiger partial charge in [0.15, 0.2) is 0 Å². The van der Waals surface area contributed by atoms with E-state index < -0.39 is 5.60 Å². The summed E-state index contributed by atoms with van der Waals surface area (Å²) in [6, 6.07) is 3.76. The van der Waals surface area contributed by atoms with Crippen LogP contribution in [0.25, 0.3) is 0 Å². The maximum Gasteiger partial charge on any atom is 0.246 e. The van der Waals surface area contributed by atoms with Crippen LogP contribution in [0.5, 0.6) is 0 Å². The van der Waals surface area contributed by atoms with Gasteiger partial charge in [-0.3, -0.25) is 9.69 Å². The lowest BCUT2D eigenvalue weighted by atomic mass is 9.81. The highest BCUT2D eigenvalue weighted by atomic mass is 32.1. The lowest BCUT2D eigenvalue weighted by Crippen LogP contribution is -2.62. The minimum Gasteiger partial charge on any atom is -0.388 e. The fraction of sp³-hybridized carbons (Fsp3) is 0.688. The summed E-state index contributed by atoms with van der Waals surface area (Å²) in [4.78, 5) is 15.6. The first-order valence-corrected chi connectivity index (χ1v) is 8.65. The Morgan fingerprint density at radius 3 is 3.00 bits per heavy atom. The van der Waals surface area contributed by atoms with Crippen molar-refractivity contribution >= 4 is 17.2 Å². The molecule has 1 aromatic heterocycles. The van der Waals surface area contributed by atoms with Gasteiger partial charge in [-0.1, -0.05) is 13.0 Å². The van der Waals surface area contributed by atoms with Crippen LogP contribution in [-0.4, -0.2) is 54.4 Å². The van der Waals surface area contributed by atoms with E-state index in [1.165, 1.54) is 12.0 Å². The van der Waals surface area contributed by atoms with Crippen molar-refractivity contribution in [2.75, 3.05) is 26.8 Å². The molecule has 1 aliphatic heterocycles. The van der Waals surface area contributed by atoms with Crippen LogP contribution in [0.2, 0.25) is 0 Å². The molecule has 3 atom stereocenters. The number of hydrogen-bond acceptors (Lipinski definition) is 5. The predicted octanol–water partition coefficient (Wildman–Crippen LogP) is 1.79. The van der Waals surface area contributed by atoms with Crippen molar-refractivity contribution in [3.63, 3.8) is 0 Å². The first-order valence-electron chi connectivity index (χ1n) is 7.77. The van der Waals surface area contributed by atoms with E-state index in [-0.39, 0.29) is 24.6 Å². The molecule has 0 aromatic carbocycles. The second kappa shape index (κ2) is 7.55. The second-order valence-corrected chi connectivity index (χ2v) is 7.06. The van der Waals surface area contributed by atoms with E-state index in [0.717, 1.165) is 19.5 Å². The van der Waals surface area contributed by atoms with Gasteiger partial charge >= 0.3 is 0 Å². The molecule has 0 bridgehead atoms. The maximum atomic E-state index is 12.0. The molecule has 0 spiro atoms. The standard InChI is InChI=1S/C16H26N2O3S/c1-4-8-18-9-7-16(2,20)15(17-13(19)11-21-3)14(18)12-6-5-10-22-12/h5-6,10,14-15,20H,4,7-9,11H2,1-3H3,(H,17,19)/t14-,15-,16+/m0/s1. The average Bonchev–Trinajstić information content (AvgIpc) is 2.97. The second-order valence-electron chi connectivity index (χ2n) is 6.08. The number of ether oxygens (including phenoxy) is 1.